The van der Waals surface area contributed by atoms with Gasteiger partial charge < -0.3 is 18.9 Å². The molecular formula is C25H33N3O3. The lowest BCUT2D eigenvalue weighted by atomic mass is 9.81. The molecular weight excluding hydrogens is 390 g/mol. The van der Waals surface area contributed by atoms with Gasteiger partial charge in [-0.2, -0.15) is 0 Å². The Balaban J connectivity index is 1.86. The number of benzene rings is 1. The number of pyridine rings is 1. The van der Waals surface area contributed by atoms with Crippen LogP contribution in [0.1, 0.15) is 49.9 Å². The van der Waals surface area contributed by atoms with E-state index in [1.807, 2.05) is 26.4 Å². The summed E-state index contributed by atoms with van der Waals surface area (Å²) >= 11 is 0. The van der Waals surface area contributed by atoms with Crippen LogP contribution < -0.4 is 15.0 Å². The van der Waals surface area contributed by atoms with E-state index in [0.29, 0.717) is 6.54 Å². The molecule has 2 aliphatic heterocycles. The summed E-state index contributed by atoms with van der Waals surface area (Å²) in [5.74, 6) is 1.58. The van der Waals surface area contributed by atoms with Crippen molar-refractivity contribution in [2.24, 2.45) is 4.99 Å². The molecule has 0 aliphatic carbocycles. The lowest BCUT2D eigenvalue weighted by Crippen LogP contribution is -2.32. The SMILES string of the molecule is COc1cc2c(c3c1OC(C)(C)C3)C(c1ccn(CCN(C)C)c(=O)c1)=NC(C)(C)C2. The van der Waals surface area contributed by atoms with Gasteiger partial charge in [0.1, 0.15) is 5.60 Å². The number of nitrogens with zero attached hydrogens (tertiary/aromatic N) is 3. The second-order valence-corrected chi connectivity index (χ2v) is 10.2. The number of rotatable bonds is 5. The molecule has 0 spiro atoms. The van der Waals surface area contributed by atoms with Crippen LogP contribution in [0.2, 0.25) is 0 Å². The molecule has 0 amide bonds. The number of hydrogen-bond donors (Lipinski definition) is 0. The fourth-order valence-corrected chi connectivity index (χ4v) is 4.58. The zero-order chi connectivity index (χ0) is 22.6. The minimum Gasteiger partial charge on any atom is -0.493 e. The zero-order valence-electron chi connectivity index (χ0n) is 19.7. The van der Waals surface area contributed by atoms with Gasteiger partial charge in [-0.15, -0.1) is 0 Å². The van der Waals surface area contributed by atoms with E-state index < -0.39 is 0 Å². The summed E-state index contributed by atoms with van der Waals surface area (Å²) in [4.78, 5) is 20.0. The van der Waals surface area contributed by atoms with Gasteiger partial charge in [0.15, 0.2) is 11.5 Å². The first kappa shape index (κ1) is 21.6. The van der Waals surface area contributed by atoms with Crippen LogP contribution >= 0.6 is 0 Å². The van der Waals surface area contributed by atoms with Crippen molar-refractivity contribution >= 4 is 5.71 Å². The Kier molecular flexibility index (Phi) is 5.24. The molecule has 0 saturated carbocycles. The zero-order valence-corrected chi connectivity index (χ0v) is 19.7. The van der Waals surface area contributed by atoms with Gasteiger partial charge in [0.25, 0.3) is 5.56 Å². The average Bonchev–Trinajstić information content (AvgIpc) is 2.99. The molecule has 3 heterocycles. The van der Waals surface area contributed by atoms with Gasteiger partial charge in [-0.3, -0.25) is 9.79 Å². The number of aromatic nitrogens is 1. The molecule has 166 valence electrons. The van der Waals surface area contributed by atoms with Gasteiger partial charge in [0.05, 0.1) is 18.4 Å². The molecule has 6 nitrogen and oxygen atoms in total. The molecule has 4 rings (SSSR count). The highest BCUT2D eigenvalue weighted by Crippen LogP contribution is 2.47. The first-order valence-corrected chi connectivity index (χ1v) is 10.9. The highest BCUT2D eigenvalue weighted by Gasteiger charge is 2.39. The smallest absolute Gasteiger partial charge is 0.251 e. The van der Waals surface area contributed by atoms with Gasteiger partial charge in [-0.25, -0.2) is 0 Å². The first-order valence-electron chi connectivity index (χ1n) is 10.9. The molecule has 2 aromatic rings. The maximum Gasteiger partial charge on any atom is 0.251 e. The third-order valence-corrected chi connectivity index (χ3v) is 5.96. The molecule has 0 bridgehead atoms. The lowest BCUT2D eigenvalue weighted by molar-refractivity contribution is 0.134. The maximum absolute atomic E-state index is 12.9. The van der Waals surface area contributed by atoms with Crippen LogP contribution in [0.4, 0.5) is 0 Å². The van der Waals surface area contributed by atoms with Gasteiger partial charge in [0.2, 0.25) is 0 Å². The van der Waals surface area contributed by atoms with E-state index in [2.05, 4.69) is 38.7 Å². The lowest BCUT2D eigenvalue weighted by Gasteiger charge is -2.31. The van der Waals surface area contributed by atoms with E-state index in [9.17, 15) is 4.79 Å². The van der Waals surface area contributed by atoms with Gasteiger partial charge in [-0.1, -0.05) is 0 Å². The molecule has 0 saturated heterocycles. The molecule has 0 atom stereocenters. The van der Waals surface area contributed by atoms with Crippen molar-refractivity contribution in [3.8, 4) is 11.5 Å². The Hall–Kier alpha value is -2.60. The Morgan fingerprint density at radius 2 is 1.94 bits per heavy atom. The molecule has 0 fully saturated rings. The summed E-state index contributed by atoms with van der Waals surface area (Å²) in [5, 5.41) is 0. The Morgan fingerprint density at radius 1 is 1.19 bits per heavy atom. The summed E-state index contributed by atoms with van der Waals surface area (Å²) in [6, 6.07) is 5.82. The number of aliphatic imine (C=N–C) groups is 1. The first-order chi connectivity index (χ1) is 14.5. The number of likely N-dealkylation sites (N-methyl/N-ethyl adjacent to an activating group) is 1. The third kappa shape index (κ3) is 4.13. The van der Waals surface area contributed by atoms with Crippen molar-refractivity contribution in [1.29, 1.82) is 0 Å². The van der Waals surface area contributed by atoms with Crippen molar-refractivity contribution in [3.63, 3.8) is 0 Å². The van der Waals surface area contributed by atoms with Crippen LogP contribution in [0.15, 0.2) is 34.2 Å². The van der Waals surface area contributed by atoms with Crippen LogP contribution in [-0.4, -0.2) is 54.1 Å². The predicted octanol–water partition coefficient (Wildman–Crippen LogP) is 3.30. The topological polar surface area (TPSA) is 56.1 Å². The van der Waals surface area contributed by atoms with Gasteiger partial charge in [0, 0.05) is 48.5 Å². The van der Waals surface area contributed by atoms with Crippen LogP contribution in [0, 0.1) is 0 Å². The van der Waals surface area contributed by atoms with Crippen LogP contribution in [0.25, 0.3) is 0 Å². The minimum absolute atomic E-state index is 0.00582. The second-order valence-electron chi connectivity index (χ2n) is 10.2. The highest BCUT2D eigenvalue weighted by atomic mass is 16.5. The summed E-state index contributed by atoms with van der Waals surface area (Å²) in [7, 11) is 5.70. The summed E-state index contributed by atoms with van der Waals surface area (Å²) < 4.78 is 13.7. The monoisotopic (exact) mass is 423 g/mol. The van der Waals surface area contributed by atoms with Crippen molar-refractivity contribution in [2.45, 2.75) is 58.2 Å². The van der Waals surface area contributed by atoms with E-state index in [-0.39, 0.29) is 16.7 Å². The summed E-state index contributed by atoms with van der Waals surface area (Å²) in [6.07, 6.45) is 3.48. The fourth-order valence-electron chi connectivity index (χ4n) is 4.58. The molecule has 1 aromatic heterocycles. The minimum atomic E-state index is -0.307. The van der Waals surface area contributed by atoms with E-state index in [0.717, 1.165) is 53.3 Å². The largest absolute Gasteiger partial charge is 0.493 e. The van der Waals surface area contributed by atoms with Crippen molar-refractivity contribution in [1.82, 2.24) is 9.47 Å². The molecule has 1 aromatic carbocycles. The quantitative estimate of drug-likeness (QED) is 0.741. The Morgan fingerprint density at radius 3 is 2.58 bits per heavy atom. The van der Waals surface area contributed by atoms with Crippen LogP contribution in [0.3, 0.4) is 0 Å². The van der Waals surface area contributed by atoms with E-state index in [1.54, 1.807) is 17.7 Å². The van der Waals surface area contributed by atoms with E-state index in [4.69, 9.17) is 14.5 Å². The molecule has 2 aliphatic rings. The van der Waals surface area contributed by atoms with Crippen molar-refractivity contribution in [3.05, 3.63) is 57.0 Å². The average molecular weight is 424 g/mol. The second kappa shape index (κ2) is 7.52. The highest BCUT2D eigenvalue weighted by molar-refractivity contribution is 6.16. The number of fused-ring (bicyclic) bond motifs is 3. The molecule has 0 N–H and O–H groups in total. The van der Waals surface area contributed by atoms with E-state index in [1.165, 1.54) is 5.56 Å². The van der Waals surface area contributed by atoms with Gasteiger partial charge in [-0.05, 0) is 65.9 Å². The molecule has 0 radical (unpaired) electrons. The third-order valence-electron chi connectivity index (χ3n) is 5.96. The summed E-state index contributed by atoms with van der Waals surface area (Å²) in [6.45, 7) is 9.93. The summed E-state index contributed by atoms with van der Waals surface area (Å²) in [5.41, 5.74) is 4.59. The molecule has 0 unspecified atom stereocenters. The predicted molar refractivity (Wildman–Crippen MR) is 124 cm³/mol. The number of methoxy groups -OCH3 is 1. The van der Waals surface area contributed by atoms with Crippen molar-refractivity contribution < 1.29 is 9.47 Å². The molecule has 31 heavy (non-hydrogen) atoms. The Bertz CT molecular complexity index is 1110. The normalized spacial score (nSPS) is 18.3. The van der Waals surface area contributed by atoms with Crippen LogP contribution in [0.5, 0.6) is 11.5 Å². The van der Waals surface area contributed by atoms with Gasteiger partial charge >= 0.3 is 0 Å². The maximum atomic E-state index is 12.9. The fraction of sp³-hybridized carbons (Fsp3) is 0.520. The van der Waals surface area contributed by atoms with E-state index >= 15 is 0 Å². The van der Waals surface area contributed by atoms with Crippen LogP contribution in [-0.2, 0) is 19.4 Å². The number of ether oxygens (including phenoxy) is 2. The number of hydrogen-bond acceptors (Lipinski definition) is 5. The molecule has 6 heteroatoms. The Labute approximate surface area is 184 Å². The van der Waals surface area contributed by atoms with Crippen molar-refractivity contribution in [2.75, 3.05) is 27.7 Å². The standard InChI is InChI=1S/C25H33N3O3/c1-24(2)14-17-12-19(30-7)23-18(15-25(3,4)31-23)21(17)22(26-24)16-8-9-28(20(29)13-16)11-10-27(5)6/h8-9,12-13H,10-11,14-15H2,1-7H3.